The summed E-state index contributed by atoms with van der Waals surface area (Å²) in [5, 5.41) is 12.9. The fourth-order valence-electron chi connectivity index (χ4n) is 3.14. The zero-order valence-corrected chi connectivity index (χ0v) is 17.5. The highest BCUT2D eigenvalue weighted by Gasteiger charge is 2.18. The normalized spacial score (nSPS) is 14.1. The van der Waals surface area contributed by atoms with E-state index in [-0.39, 0.29) is 5.57 Å². The molecule has 0 unspecified atom stereocenters. The first-order valence-electron chi connectivity index (χ1n) is 9.33. The van der Waals surface area contributed by atoms with Crippen molar-refractivity contribution in [2.45, 2.75) is 0 Å². The largest absolute Gasteiger partial charge is 0.493 e. The number of hydrogen-bond acceptors (Lipinski definition) is 6. The number of anilines is 2. The van der Waals surface area contributed by atoms with Crippen molar-refractivity contribution in [1.29, 1.82) is 5.26 Å². The highest BCUT2D eigenvalue weighted by molar-refractivity contribution is 6.31. The van der Waals surface area contributed by atoms with Crippen LogP contribution in [-0.4, -0.2) is 46.4 Å². The van der Waals surface area contributed by atoms with Gasteiger partial charge in [0, 0.05) is 18.1 Å². The number of nitrogens with one attached hydrogen (secondary N) is 1. The lowest BCUT2D eigenvalue weighted by molar-refractivity contribution is -0.112. The molecular weight excluding hydrogens is 406 g/mol. The summed E-state index contributed by atoms with van der Waals surface area (Å²) in [6, 6.07) is 12.4. The molecule has 0 aliphatic carbocycles. The maximum Gasteiger partial charge on any atom is 0.266 e. The number of hydrogen-bond donors (Lipinski definition) is 1. The molecule has 0 atom stereocenters. The fourth-order valence-corrected chi connectivity index (χ4v) is 3.31. The van der Waals surface area contributed by atoms with Crippen molar-refractivity contribution in [2.75, 3.05) is 50.7 Å². The van der Waals surface area contributed by atoms with E-state index < -0.39 is 5.91 Å². The van der Waals surface area contributed by atoms with Gasteiger partial charge < -0.3 is 24.4 Å². The Labute approximate surface area is 180 Å². The lowest BCUT2D eigenvalue weighted by Gasteiger charge is -2.30. The number of amides is 1. The summed E-state index contributed by atoms with van der Waals surface area (Å²) in [6.45, 7) is 2.63. The topological polar surface area (TPSA) is 83.8 Å². The third kappa shape index (κ3) is 5.03. The first-order chi connectivity index (χ1) is 14.5. The number of morpholine rings is 1. The van der Waals surface area contributed by atoms with E-state index in [0.717, 1.165) is 5.69 Å². The third-order valence-corrected chi connectivity index (χ3v) is 4.88. The van der Waals surface area contributed by atoms with Crippen LogP contribution in [0.5, 0.6) is 11.5 Å². The Balaban J connectivity index is 1.86. The molecule has 1 N–H and O–H groups in total. The van der Waals surface area contributed by atoms with Crippen LogP contribution in [0.1, 0.15) is 5.56 Å². The lowest BCUT2D eigenvalue weighted by atomic mass is 10.1. The minimum atomic E-state index is -0.524. The number of halogens is 1. The van der Waals surface area contributed by atoms with Gasteiger partial charge in [-0.05, 0) is 42.0 Å². The molecule has 1 fully saturated rings. The molecule has 8 heteroatoms. The third-order valence-electron chi connectivity index (χ3n) is 4.64. The van der Waals surface area contributed by atoms with Gasteiger partial charge in [0.1, 0.15) is 11.6 Å². The highest BCUT2D eigenvalue weighted by Crippen LogP contribution is 2.31. The number of rotatable bonds is 6. The van der Waals surface area contributed by atoms with E-state index >= 15 is 0 Å². The molecule has 1 aliphatic rings. The van der Waals surface area contributed by atoms with Gasteiger partial charge in [0.25, 0.3) is 5.91 Å². The molecule has 0 aromatic heterocycles. The minimum Gasteiger partial charge on any atom is -0.493 e. The van der Waals surface area contributed by atoms with Gasteiger partial charge in [-0.2, -0.15) is 5.26 Å². The summed E-state index contributed by atoms with van der Waals surface area (Å²) in [5.74, 6) is 0.546. The van der Waals surface area contributed by atoms with Gasteiger partial charge >= 0.3 is 0 Å². The SMILES string of the molecule is COc1ccc(/C=C(\C#N)C(=O)Nc2cc(Cl)ccc2N2CCOCC2)cc1OC. The summed E-state index contributed by atoms with van der Waals surface area (Å²) in [6.07, 6.45) is 1.50. The maximum atomic E-state index is 12.8. The van der Waals surface area contributed by atoms with Crippen molar-refractivity contribution in [2.24, 2.45) is 0 Å². The number of ether oxygens (including phenoxy) is 3. The van der Waals surface area contributed by atoms with E-state index in [1.807, 2.05) is 12.1 Å². The van der Waals surface area contributed by atoms with Crippen LogP contribution in [0.25, 0.3) is 6.08 Å². The van der Waals surface area contributed by atoms with Gasteiger partial charge in [-0.25, -0.2) is 0 Å². The van der Waals surface area contributed by atoms with Gasteiger partial charge in [0.05, 0.1) is 38.8 Å². The van der Waals surface area contributed by atoms with E-state index in [4.69, 9.17) is 25.8 Å². The molecular formula is C22H22ClN3O4. The zero-order valence-electron chi connectivity index (χ0n) is 16.8. The smallest absolute Gasteiger partial charge is 0.266 e. The van der Waals surface area contributed by atoms with Crippen LogP contribution in [-0.2, 0) is 9.53 Å². The van der Waals surface area contributed by atoms with Crippen molar-refractivity contribution < 1.29 is 19.0 Å². The highest BCUT2D eigenvalue weighted by atomic mass is 35.5. The molecule has 156 valence electrons. The van der Waals surface area contributed by atoms with Gasteiger partial charge in [0.15, 0.2) is 11.5 Å². The van der Waals surface area contributed by atoms with Crippen LogP contribution >= 0.6 is 11.6 Å². The Hall–Kier alpha value is -3.21. The second-order valence-corrected chi connectivity index (χ2v) is 6.94. The van der Waals surface area contributed by atoms with Crippen LogP contribution < -0.4 is 19.7 Å². The quantitative estimate of drug-likeness (QED) is 0.558. The summed E-state index contributed by atoms with van der Waals surface area (Å²) in [5.41, 5.74) is 1.97. The predicted octanol–water partition coefficient (Wildman–Crippen LogP) is 3.74. The fraction of sp³-hybridized carbons (Fsp3) is 0.273. The van der Waals surface area contributed by atoms with Crippen molar-refractivity contribution >= 4 is 35.0 Å². The van der Waals surface area contributed by atoms with Crippen molar-refractivity contribution in [1.82, 2.24) is 0 Å². The van der Waals surface area contributed by atoms with Crippen LogP contribution in [0.15, 0.2) is 42.0 Å². The molecule has 1 aliphatic heterocycles. The molecule has 1 heterocycles. The van der Waals surface area contributed by atoms with E-state index in [1.54, 1.807) is 37.4 Å². The molecule has 3 rings (SSSR count). The minimum absolute atomic E-state index is 0.0462. The first kappa shape index (κ1) is 21.5. The summed E-state index contributed by atoms with van der Waals surface area (Å²) in [7, 11) is 3.06. The van der Waals surface area contributed by atoms with E-state index in [1.165, 1.54) is 13.2 Å². The molecule has 1 amide bonds. The number of nitriles is 1. The number of nitrogens with zero attached hydrogens (tertiary/aromatic N) is 2. The van der Waals surface area contributed by atoms with E-state index in [2.05, 4.69) is 10.2 Å². The predicted molar refractivity (Wildman–Crippen MR) is 116 cm³/mol. The van der Waals surface area contributed by atoms with Crippen molar-refractivity contribution in [3.63, 3.8) is 0 Å². The number of carbonyl (C=O) groups is 1. The zero-order chi connectivity index (χ0) is 21.5. The van der Waals surface area contributed by atoms with Crippen molar-refractivity contribution in [3.05, 3.63) is 52.6 Å². The second kappa shape index (κ2) is 10.0. The first-order valence-corrected chi connectivity index (χ1v) is 9.71. The number of methoxy groups -OCH3 is 2. The Bertz CT molecular complexity index is 994. The molecule has 7 nitrogen and oxygen atoms in total. The number of benzene rings is 2. The Morgan fingerprint density at radius 3 is 2.57 bits per heavy atom. The molecule has 2 aromatic carbocycles. The maximum absolute atomic E-state index is 12.8. The van der Waals surface area contributed by atoms with Gasteiger partial charge in [-0.1, -0.05) is 17.7 Å². The van der Waals surface area contributed by atoms with Gasteiger partial charge in [0.2, 0.25) is 0 Å². The summed E-state index contributed by atoms with van der Waals surface area (Å²) in [4.78, 5) is 14.9. The standard InChI is InChI=1S/C22H22ClN3O4/c1-28-20-6-3-15(12-21(20)29-2)11-16(14-24)22(27)25-18-13-17(23)4-5-19(18)26-7-9-30-10-8-26/h3-6,11-13H,7-10H2,1-2H3,(H,25,27)/b16-11+. The second-order valence-electron chi connectivity index (χ2n) is 6.50. The monoisotopic (exact) mass is 427 g/mol. The molecule has 0 radical (unpaired) electrons. The Morgan fingerprint density at radius 2 is 1.90 bits per heavy atom. The summed E-state index contributed by atoms with van der Waals surface area (Å²) >= 11 is 6.14. The van der Waals surface area contributed by atoms with E-state index in [0.29, 0.717) is 54.1 Å². The molecule has 0 bridgehead atoms. The molecule has 1 saturated heterocycles. The molecule has 30 heavy (non-hydrogen) atoms. The Morgan fingerprint density at radius 1 is 1.17 bits per heavy atom. The van der Waals surface area contributed by atoms with E-state index in [9.17, 15) is 10.1 Å². The molecule has 2 aromatic rings. The van der Waals surface area contributed by atoms with Crippen LogP contribution in [0.3, 0.4) is 0 Å². The van der Waals surface area contributed by atoms with Gasteiger partial charge in [-0.3, -0.25) is 4.79 Å². The van der Waals surface area contributed by atoms with Crippen molar-refractivity contribution in [3.8, 4) is 17.6 Å². The Kier molecular flexibility index (Phi) is 7.17. The van der Waals surface area contributed by atoms with Crippen LogP contribution in [0, 0.1) is 11.3 Å². The average Bonchev–Trinajstić information content (AvgIpc) is 2.77. The molecule has 0 spiro atoms. The van der Waals surface area contributed by atoms with Gasteiger partial charge in [-0.15, -0.1) is 0 Å². The summed E-state index contributed by atoms with van der Waals surface area (Å²) < 4.78 is 15.9. The molecule has 0 saturated carbocycles. The van der Waals surface area contributed by atoms with Crippen LogP contribution in [0.4, 0.5) is 11.4 Å². The number of carbonyl (C=O) groups excluding carboxylic acids is 1. The lowest BCUT2D eigenvalue weighted by Crippen LogP contribution is -2.36. The average molecular weight is 428 g/mol. The van der Waals surface area contributed by atoms with Crippen LogP contribution in [0.2, 0.25) is 5.02 Å².